The second-order valence-corrected chi connectivity index (χ2v) is 8.16. The number of allylic oxidation sites excluding steroid dienone is 1. The molecule has 2 unspecified atom stereocenters. The number of hydrogen-bond acceptors (Lipinski definition) is 3. The van der Waals surface area contributed by atoms with Crippen LogP contribution in [0.3, 0.4) is 0 Å². The van der Waals surface area contributed by atoms with E-state index >= 15 is 0 Å². The zero-order valence-corrected chi connectivity index (χ0v) is 16.3. The number of hydrogen-bond donors (Lipinski definition) is 0. The Morgan fingerprint density at radius 2 is 1.92 bits per heavy atom. The first kappa shape index (κ1) is 20.9. The fraction of sp³-hybridized carbons (Fsp3) is 0.810. The molecular weight excluding hydrogens is 300 g/mol. The number of cyclic esters (lactones) is 1. The van der Waals surface area contributed by atoms with Gasteiger partial charge in [0.15, 0.2) is 0 Å². The average Bonchev–Trinajstić information content (AvgIpc) is 2.53. The van der Waals surface area contributed by atoms with Gasteiger partial charge in [0.1, 0.15) is 5.78 Å². The summed E-state index contributed by atoms with van der Waals surface area (Å²) in [4.78, 5) is 24.9. The number of ketones is 1. The van der Waals surface area contributed by atoms with E-state index in [0.717, 1.165) is 25.7 Å². The highest BCUT2D eigenvalue weighted by atomic mass is 16.5. The Hall–Kier alpha value is -1.12. The van der Waals surface area contributed by atoms with Gasteiger partial charge in [-0.05, 0) is 51.4 Å². The molecule has 0 spiro atoms. The lowest BCUT2D eigenvalue weighted by molar-refractivity contribution is -0.150. The fourth-order valence-corrected chi connectivity index (χ4v) is 3.40. The van der Waals surface area contributed by atoms with E-state index in [-0.39, 0.29) is 17.7 Å². The molecule has 24 heavy (non-hydrogen) atoms. The van der Waals surface area contributed by atoms with Gasteiger partial charge in [0.2, 0.25) is 0 Å². The van der Waals surface area contributed by atoms with E-state index < -0.39 is 5.41 Å². The van der Waals surface area contributed by atoms with Crippen LogP contribution in [0.5, 0.6) is 0 Å². The Labute approximate surface area is 148 Å². The lowest BCUT2D eigenvalue weighted by Gasteiger charge is -2.27. The van der Waals surface area contributed by atoms with Gasteiger partial charge in [0.05, 0.1) is 12.5 Å². The van der Waals surface area contributed by atoms with Gasteiger partial charge < -0.3 is 4.74 Å². The molecule has 1 rings (SSSR count). The van der Waals surface area contributed by atoms with Crippen LogP contribution >= 0.6 is 0 Å². The predicted molar refractivity (Wildman–Crippen MR) is 98.8 cm³/mol. The molecule has 0 bridgehead atoms. The highest BCUT2D eigenvalue weighted by Gasteiger charge is 2.33. The third kappa shape index (κ3) is 7.19. The van der Waals surface area contributed by atoms with Crippen molar-refractivity contribution in [1.82, 2.24) is 0 Å². The van der Waals surface area contributed by atoms with Gasteiger partial charge in [0.25, 0.3) is 0 Å². The Balaban J connectivity index is 2.82. The molecule has 0 saturated heterocycles. The summed E-state index contributed by atoms with van der Waals surface area (Å²) in [5, 5.41) is 0. The van der Waals surface area contributed by atoms with Crippen LogP contribution in [0, 0.1) is 17.3 Å². The highest BCUT2D eigenvalue weighted by molar-refractivity contribution is 5.85. The minimum Gasteiger partial charge on any atom is -0.465 e. The molecule has 0 saturated carbocycles. The number of Topliss-reactive ketones (excluding diaryl/α,β-unsaturated/α-hetero) is 1. The topological polar surface area (TPSA) is 43.4 Å². The van der Waals surface area contributed by atoms with Crippen molar-refractivity contribution in [1.29, 1.82) is 0 Å². The number of esters is 1. The number of rotatable bonds is 1. The summed E-state index contributed by atoms with van der Waals surface area (Å²) in [5.41, 5.74) is 0.919. The summed E-state index contributed by atoms with van der Waals surface area (Å²) < 4.78 is 5.45. The molecular formula is C21H36O3. The van der Waals surface area contributed by atoms with E-state index in [9.17, 15) is 9.59 Å². The molecule has 0 amide bonds. The van der Waals surface area contributed by atoms with Gasteiger partial charge in [0, 0.05) is 11.8 Å². The number of carbonyl (C=O) groups excluding carboxylic acids is 2. The second-order valence-electron chi connectivity index (χ2n) is 8.16. The van der Waals surface area contributed by atoms with Crippen molar-refractivity contribution in [2.45, 2.75) is 86.0 Å². The van der Waals surface area contributed by atoms with Gasteiger partial charge in [-0.15, -0.1) is 0 Å². The van der Waals surface area contributed by atoms with Crippen molar-refractivity contribution in [3.05, 3.63) is 11.6 Å². The summed E-state index contributed by atoms with van der Waals surface area (Å²) >= 11 is 0. The standard InChI is InChI=1S/C21H36O3/c1-6-18-15-21(4,5)19(22)13-12-17(3)10-7-9-16(2)11-8-14-24-20(18)23/h11,17-18H,6-10,12-15H2,1-5H3. The highest BCUT2D eigenvalue weighted by Crippen LogP contribution is 2.31. The van der Waals surface area contributed by atoms with Crippen molar-refractivity contribution in [2.24, 2.45) is 17.3 Å². The molecule has 0 radical (unpaired) electrons. The van der Waals surface area contributed by atoms with Gasteiger partial charge in [-0.1, -0.05) is 45.8 Å². The Morgan fingerprint density at radius 1 is 1.21 bits per heavy atom. The molecule has 1 heterocycles. The van der Waals surface area contributed by atoms with Crippen LogP contribution in [0.1, 0.15) is 86.0 Å². The Kier molecular flexibility index (Phi) is 8.72. The minimum atomic E-state index is -0.451. The van der Waals surface area contributed by atoms with Gasteiger partial charge in [-0.25, -0.2) is 0 Å². The fourth-order valence-electron chi connectivity index (χ4n) is 3.40. The normalized spacial score (nSPS) is 28.1. The summed E-state index contributed by atoms with van der Waals surface area (Å²) in [6, 6.07) is 0. The van der Waals surface area contributed by atoms with E-state index in [4.69, 9.17) is 4.74 Å². The van der Waals surface area contributed by atoms with E-state index in [2.05, 4.69) is 19.9 Å². The van der Waals surface area contributed by atoms with E-state index in [0.29, 0.717) is 25.4 Å². The van der Waals surface area contributed by atoms with Gasteiger partial charge in [-0.2, -0.15) is 0 Å². The van der Waals surface area contributed by atoms with Crippen LogP contribution < -0.4 is 0 Å². The summed E-state index contributed by atoms with van der Waals surface area (Å²) in [5.74, 6) is 0.533. The Bertz CT molecular complexity index is 448. The smallest absolute Gasteiger partial charge is 0.308 e. The molecule has 0 aliphatic carbocycles. The zero-order chi connectivity index (χ0) is 18.2. The molecule has 0 N–H and O–H groups in total. The first-order valence-electron chi connectivity index (χ1n) is 9.61. The second kappa shape index (κ2) is 10.0. The summed E-state index contributed by atoms with van der Waals surface area (Å²) in [7, 11) is 0. The van der Waals surface area contributed by atoms with Gasteiger partial charge >= 0.3 is 5.97 Å². The van der Waals surface area contributed by atoms with Crippen molar-refractivity contribution in [2.75, 3.05) is 6.61 Å². The maximum absolute atomic E-state index is 12.6. The first-order chi connectivity index (χ1) is 11.3. The molecule has 1 aliphatic rings. The van der Waals surface area contributed by atoms with Crippen molar-refractivity contribution < 1.29 is 14.3 Å². The molecule has 2 atom stereocenters. The number of carbonyl (C=O) groups is 2. The zero-order valence-electron chi connectivity index (χ0n) is 16.3. The van der Waals surface area contributed by atoms with Crippen LogP contribution in [0.15, 0.2) is 11.6 Å². The lowest BCUT2D eigenvalue weighted by atomic mass is 9.76. The molecule has 0 aromatic heterocycles. The van der Waals surface area contributed by atoms with Crippen LogP contribution in [-0.4, -0.2) is 18.4 Å². The molecule has 0 aromatic carbocycles. The largest absolute Gasteiger partial charge is 0.465 e. The average molecular weight is 337 g/mol. The van der Waals surface area contributed by atoms with Crippen LogP contribution in [0.2, 0.25) is 0 Å². The Morgan fingerprint density at radius 3 is 2.58 bits per heavy atom. The predicted octanol–water partition coefficient (Wildman–Crippen LogP) is 5.48. The molecule has 138 valence electrons. The maximum atomic E-state index is 12.6. The summed E-state index contributed by atoms with van der Waals surface area (Å²) in [6.45, 7) is 10.8. The van der Waals surface area contributed by atoms with Crippen LogP contribution in [0.4, 0.5) is 0 Å². The van der Waals surface area contributed by atoms with Crippen molar-refractivity contribution in [3.8, 4) is 0 Å². The van der Waals surface area contributed by atoms with E-state index in [1.807, 2.05) is 20.8 Å². The van der Waals surface area contributed by atoms with Crippen molar-refractivity contribution >= 4 is 11.8 Å². The van der Waals surface area contributed by atoms with Crippen LogP contribution in [0.25, 0.3) is 0 Å². The maximum Gasteiger partial charge on any atom is 0.308 e. The number of ether oxygens (including phenoxy) is 1. The van der Waals surface area contributed by atoms with E-state index in [1.165, 1.54) is 18.4 Å². The molecule has 3 heteroatoms. The van der Waals surface area contributed by atoms with E-state index in [1.54, 1.807) is 0 Å². The lowest BCUT2D eigenvalue weighted by Crippen LogP contribution is -2.31. The molecule has 0 fully saturated rings. The van der Waals surface area contributed by atoms with Gasteiger partial charge in [-0.3, -0.25) is 9.59 Å². The van der Waals surface area contributed by atoms with Crippen molar-refractivity contribution in [3.63, 3.8) is 0 Å². The summed E-state index contributed by atoms with van der Waals surface area (Å²) in [6.07, 6.45) is 9.29. The first-order valence-corrected chi connectivity index (χ1v) is 9.61. The quantitative estimate of drug-likeness (QED) is 0.470. The van der Waals surface area contributed by atoms with Crippen LogP contribution in [-0.2, 0) is 14.3 Å². The minimum absolute atomic E-state index is 0.148. The third-order valence-electron chi connectivity index (χ3n) is 5.32. The molecule has 3 nitrogen and oxygen atoms in total. The SMILES string of the molecule is CCC1CC(C)(C)C(=O)CCC(C)CCCC(C)=CCCOC1=O. The molecule has 1 aliphatic heterocycles. The monoisotopic (exact) mass is 336 g/mol. The third-order valence-corrected chi connectivity index (χ3v) is 5.32. The molecule has 0 aromatic rings.